The van der Waals surface area contributed by atoms with Crippen LogP contribution in [-0.2, 0) is 11.3 Å². The van der Waals surface area contributed by atoms with Gasteiger partial charge in [-0.15, -0.1) is 0 Å². The van der Waals surface area contributed by atoms with Gasteiger partial charge in [0.05, 0.1) is 5.56 Å². The lowest BCUT2D eigenvalue weighted by Gasteiger charge is -2.10. The number of rotatable bonds is 8. The summed E-state index contributed by atoms with van der Waals surface area (Å²) in [5.41, 5.74) is 2.50. The van der Waals surface area contributed by atoms with E-state index in [1.165, 1.54) is 11.8 Å². The van der Waals surface area contributed by atoms with E-state index in [9.17, 15) is 4.79 Å². The minimum absolute atomic E-state index is 0.399. The van der Waals surface area contributed by atoms with Crippen LogP contribution in [0.3, 0.4) is 0 Å². The number of benzene rings is 2. The summed E-state index contributed by atoms with van der Waals surface area (Å²) in [6, 6.07) is 12.8. The van der Waals surface area contributed by atoms with Crippen molar-refractivity contribution in [3.8, 4) is 11.5 Å². The summed E-state index contributed by atoms with van der Waals surface area (Å²) in [4.78, 5) is 22.4. The lowest BCUT2D eigenvalue weighted by atomic mass is 9.99. The van der Waals surface area contributed by atoms with Gasteiger partial charge in [0.25, 0.3) is 0 Å². The zero-order chi connectivity index (χ0) is 18.9. The van der Waals surface area contributed by atoms with Crippen molar-refractivity contribution < 1.29 is 19.3 Å². The van der Waals surface area contributed by atoms with Crippen LogP contribution in [0, 0.1) is 12.8 Å². The first-order chi connectivity index (χ1) is 12.5. The summed E-state index contributed by atoms with van der Waals surface area (Å²) < 4.78 is 5.46. The average molecular weight is 354 g/mol. The lowest BCUT2D eigenvalue weighted by Crippen LogP contribution is -2.09. The van der Waals surface area contributed by atoms with Gasteiger partial charge in [0, 0.05) is 0 Å². The number of hydrogen-bond acceptors (Lipinski definition) is 4. The molecule has 0 aliphatic heterocycles. The number of esters is 1. The van der Waals surface area contributed by atoms with Crippen molar-refractivity contribution in [2.24, 2.45) is 5.92 Å². The van der Waals surface area contributed by atoms with Gasteiger partial charge in [0.2, 0.25) is 0 Å². The van der Waals surface area contributed by atoms with E-state index >= 15 is 0 Å². The van der Waals surface area contributed by atoms with E-state index in [1.54, 1.807) is 24.3 Å². The van der Waals surface area contributed by atoms with Crippen LogP contribution in [0.1, 0.15) is 48.7 Å². The molecule has 2 aromatic rings. The van der Waals surface area contributed by atoms with Gasteiger partial charge in [-0.25, -0.2) is 4.79 Å². The van der Waals surface area contributed by atoms with Crippen LogP contribution in [0.5, 0.6) is 11.5 Å². The highest BCUT2D eigenvalue weighted by molar-refractivity contribution is 5.91. The monoisotopic (exact) mass is 354 g/mol. The summed E-state index contributed by atoms with van der Waals surface area (Å²) in [5, 5.41) is 0. The van der Waals surface area contributed by atoms with Crippen LogP contribution in [0.15, 0.2) is 54.8 Å². The Balaban J connectivity index is 1.99. The average Bonchev–Trinajstić information content (AvgIpc) is 2.64. The molecular weight excluding hydrogens is 328 g/mol. The third kappa shape index (κ3) is 5.66. The summed E-state index contributed by atoms with van der Waals surface area (Å²) >= 11 is 0. The van der Waals surface area contributed by atoms with E-state index in [0.29, 0.717) is 23.0 Å². The molecule has 26 heavy (non-hydrogen) atoms. The number of ether oxygens (including phenoxy) is 1. The Morgan fingerprint density at radius 2 is 1.88 bits per heavy atom. The normalized spacial score (nSPS) is 12.0. The molecule has 2 aromatic carbocycles. The molecule has 1 atom stereocenters. The number of allylic oxidation sites excluding steroid dienone is 1. The fourth-order valence-corrected chi connectivity index (χ4v) is 2.41. The molecule has 4 nitrogen and oxygen atoms in total. The molecule has 0 amide bonds. The zero-order valence-electron chi connectivity index (χ0n) is 15.8. The molecule has 0 saturated heterocycles. The van der Waals surface area contributed by atoms with Gasteiger partial charge in [0.1, 0.15) is 12.0 Å². The molecule has 138 valence electrons. The fraction of sp³-hybridized carbons (Fsp3) is 0.318. The summed E-state index contributed by atoms with van der Waals surface area (Å²) in [6.07, 6.45) is 5.33. The molecule has 0 aromatic heterocycles. The predicted octanol–water partition coefficient (Wildman–Crippen LogP) is 5.65. The molecule has 0 aliphatic rings. The molecule has 0 N–H and O–H groups in total. The van der Waals surface area contributed by atoms with Crippen LogP contribution < -0.4 is 9.62 Å². The van der Waals surface area contributed by atoms with Gasteiger partial charge in [-0.2, -0.15) is 0 Å². The molecule has 0 spiro atoms. The zero-order valence-corrected chi connectivity index (χ0v) is 15.8. The maximum atomic E-state index is 12.3. The number of aryl methyl sites for hydroxylation is 1. The Kier molecular flexibility index (Phi) is 7.27. The van der Waals surface area contributed by atoms with Gasteiger partial charge < -0.3 is 4.74 Å². The van der Waals surface area contributed by atoms with Gasteiger partial charge >= 0.3 is 5.97 Å². The minimum atomic E-state index is -0.399. The largest absolute Gasteiger partial charge is 0.423 e. The molecule has 0 fully saturated rings. The Morgan fingerprint density at radius 3 is 2.50 bits per heavy atom. The van der Waals surface area contributed by atoms with E-state index in [-0.39, 0.29) is 0 Å². The first kappa shape index (κ1) is 19.6. The Morgan fingerprint density at radius 1 is 1.15 bits per heavy atom. The second-order valence-corrected chi connectivity index (χ2v) is 6.38. The predicted molar refractivity (Wildman–Crippen MR) is 102 cm³/mol. The highest BCUT2D eigenvalue weighted by Gasteiger charge is 2.12. The second kappa shape index (κ2) is 9.66. The Hall–Kier alpha value is -2.75. The van der Waals surface area contributed by atoms with E-state index in [2.05, 4.69) is 13.8 Å². The maximum Gasteiger partial charge on any atom is 0.343 e. The van der Waals surface area contributed by atoms with Crippen molar-refractivity contribution in [3.63, 3.8) is 0 Å². The van der Waals surface area contributed by atoms with Crippen LogP contribution >= 0.6 is 0 Å². The smallest absolute Gasteiger partial charge is 0.343 e. The number of carbonyl (C=O) groups is 1. The molecule has 0 saturated carbocycles. The molecule has 4 heteroatoms. The van der Waals surface area contributed by atoms with Crippen molar-refractivity contribution in [1.82, 2.24) is 0 Å². The first-order valence-corrected chi connectivity index (χ1v) is 8.89. The van der Waals surface area contributed by atoms with E-state index in [0.717, 1.165) is 18.4 Å². The van der Waals surface area contributed by atoms with E-state index < -0.39 is 5.97 Å². The molecule has 0 aliphatic carbocycles. The molecular formula is C22H26O4. The number of hydrogen-bond donors (Lipinski definition) is 0. The van der Waals surface area contributed by atoms with Crippen LogP contribution in [0.4, 0.5) is 0 Å². The molecule has 0 radical (unpaired) electrons. The van der Waals surface area contributed by atoms with E-state index in [4.69, 9.17) is 14.5 Å². The van der Waals surface area contributed by atoms with Crippen molar-refractivity contribution in [2.75, 3.05) is 0 Å². The minimum Gasteiger partial charge on any atom is -0.423 e. The van der Waals surface area contributed by atoms with Crippen LogP contribution in [0.2, 0.25) is 0 Å². The summed E-state index contributed by atoms with van der Waals surface area (Å²) in [5.74, 6) is 1.33. The number of carbonyl (C=O) groups excluding carboxylic acids is 1. The third-order valence-electron chi connectivity index (χ3n) is 4.16. The van der Waals surface area contributed by atoms with Crippen molar-refractivity contribution >= 4 is 5.97 Å². The van der Waals surface area contributed by atoms with Crippen molar-refractivity contribution in [2.45, 2.75) is 40.5 Å². The van der Waals surface area contributed by atoms with Crippen LogP contribution in [-0.4, -0.2) is 5.97 Å². The Bertz CT molecular complexity index is 747. The highest BCUT2D eigenvalue weighted by atomic mass is 17.2. The maximum absolute atomic E-state index is 12.3. The topological polar surface area (TPSA) is 44.8 Å². The first-order valence-electron chi connectivity index (χ1n) is 8.89. The fourth-order valence-electron chi connectivity index (χ4n) is 2.41. The quantitative estimate of drug-likeness (QED) is 0.202. The van der Waals surface area contributed by atoms with Crippen molar-refractivity contribution in [1.29, 1.82) is 0 Å². The van der Waals surface area contributed by atoms with Gasteiger partial charge in [-0.1, -0.05) is 32.4 Å². The van der Waals surface area contributed by atoms with Gasteiger partial charge in [-0.3, -0.25) is 9.78 Å². The van der Waals surface area contributed by atoms with E-state index in [1.807, 2.05) is 38.1 Å². The highest BCUT2D eigenvalue weighted by Crippen LogP contribution is 2.22. The molecule has 2 rings (SSSR count). The SMILES string of the molecule is C/C=C\OOc1ccc(C(=O)Oc2ccc(CC(C)CC)cc2)cc1C. The Labute approximate surface area is 155 Å². The third-order valence-corrected chi connectivity index (χ3v) is 4.16. The lowest BCUT2D eigenvalue weighted by molar-refractivity contribution is -0.149. The van der Waals surface area contributed by atoms with Gasteiger partial charge in [0.15, 0.2) is 5.75 Å². The standard InChI is InChI=1S/C22H26O4/c1-5-13-24-26-21-12-9-19(15-17(21)4)22(23)25-20-10-7-18(8-11-20)14-16(3)6-2/h5,7-13,15-16H,6,14H2,1-4H3/b13-5-. The van der Waals surface area contributed by atoms with Crippen molar-refractivity contribution in [3.05, 3.63) is 71.5 Å². The second-order valence-electron chi connectivity index (χ2n) is 6.38. The molecule has 1 unspecified atom stereocenters. The molecule has 0 bridgehead atoms. The summed E-state index contributed by atoms with van der Waals surface area (Å²) in [7, 11) is 0. The molecule has 0 heterocycles. The van der Waals surface area contributed by atoms with Gasteiger partial charge in [-0.05, 0) is 73.7 Å². The van der Waals surface area contributed by atoms with Crippen LogP contribution in [0.25, 0.3) is 0 Å². The summed E-state index contributed by atoms with van der Waals surface area (Å²) in [6.45, 7) is 8.08.